The number of hydrogen-bond donors (Lipinski definition) is 2. The van der Waals surface area contributed by atoms with Crippen molar-refractivity contribution in [2.75, 3.05) is 0 Å². The zero-order valence-corrected chi connectivity index (χ0v) is 8.06. The van der Waals surface area contributed by atoms with Crippen molar-refractivity contribution in [1.29, 1.82) is 0 Å². The standard InChI is InChI=1S/C6H7NO4S2/c7-13(10,11)3-4-1-12-2-5(4)6(8)9/h1-2H,3H2,(H,8,9)(H2,7,10,11). The molecule has 0 aliphatic heterocycles. The molecule has 7 heteroatoms. The highest BCUT2D eigenvalue weighted by Crippen LogP contribution is 2.16. The number of thiophene rings is 1. The fraction of sp³-hybridized carbons (Fsp3) is 0.167. The van der Waals surface area contributed by atoms with E-state index in [1.165, 1.54) is 10.8 Å². The Morgan fingerprint density at radius 3 is 2.62 bits per heavy atom. The van der Waals surface area contributed by atoms with Gasteiger partial charge in [0.15, 0.2) is 0 Å². The minimum atomic E-state index is -3.66. The Bertz CT molecular complexity index is 420. The quantitative estimate of drug-likeness (QED) is 0.763. The lowest BCUT2D eigenvalue weighted by Gasteiger charge is -1.96. The van der Waals surface area contributed by atoms with Crippen LogP contribution in [0.25, 0.3) is 0 Å². The second-order valence-corrected chi connectivity index (χ2v) is 4.78. The molecule has 0 aliphatic carbocycles. The van der Waals surface area contributed by atoms with E-state index in [9.17, 15) is 13.2 Å². The fourth-order valence-electron chi connectivity index (χ4n) is 0.840. The maximum absolute atomic E-state index is 10.7. The SMILES string of the molecule is NS(=O)(=O)Cc1cscc1C(=O)O. The lowest BCUT2D eigenvalue weighted by atomic mass is 10.2. The van der Waals surface area contributed by atoms with Crippen molar-refractivity contribution >= 4 is 27.3 Å². The average Bonchev–Trinajstić information content (AvgIpc) is 2.31. The Kier molecular flexibility index (Phi) is 2.69. The van der Waals surface area contributed by atoms with Gasteiger partial charge in [-0.25, -0.2) is 18.4 Å². The van der Waals surface area contributed by atoms with Gasteiger partial charge in [0.2, 0.25) is 10.0 Å². The van der Waals surface area contributed by atoms with Crippen LogP contribution in [0.1, 0.15) is 15.9 Å². The first-order valence-corrected chi connectivity index (χ1v) is 5.85. The van der Waals surface area contributed by atoms with Crippen molar-refractivity contribution in [3.63, 3.8) is 0 Å². The largest absolute Gasteiger partial charge is 0.478 e. The molecule has 0 fully saturated rings. The Morgan fingerprint density at radius 2 is 2.15 bits per heavy atom. The molecule has 0 aliphatic rings. The minimum absolute atomic E-state index is 0.000903. The van der Waals surface area contributed by atoms with E-state index in [1.54, 1.807) is 0 Å². The molecule has 1 heterocycles. The van der Waals surface area contributed by atoms with Crippen LogP contribution in [0, 0.1) is 0 Å². The maximum Gasteiger partial charge on any atom is 0.336 e. The Morgan fingerprint density at radius 1 is 1.54 bits per heavy atom. The van der Waals surface area contributed by atoms with Gasteiger partial charge >= 0.3 is 5.97 Å². The van der Waals surface area contributed by atoms with E-state index in [0.29, 0.717) is 0 Å². The number of rotatable bonds is 3. The lowest BCUT2D eigenvalue weighted by Crippen LogP contribution is -2.15. The number of carbonyl (C=O) groups is 1. The minimum Gasteiger partial charge on any atom is -0.478 e. The summed E-state index contributed by atoms with van der Waals surface area (Å²) in [5.41, 5.74) is 0.235. The highest BCUT2D eigenvalue weighted by Gasteiger charge is 2.15. The van der Waals surface area contributed by atoms with Gasteiger partial charge in [-0.3, -0.25) is 0 Å². The second-order valence-electron chi connectivity index (χ2n) is 2.42. The number of hydrogen-bond acceptors (Lipinski definition) is 4. The van der Waals surface area contributed by atoms with E-state index in [1.807, 2.05) is 0 Å². The third-order valence-corrected chi connectivity index (χ3v) is 2.83. The molecule has 0 aromatic carbocycles. The molecule has 0 atom stereocenters. The lowest BCUT2D eigenvalue weighted by molar-refractivity contribution is 0.0696. The third kappa shape index (κ3) is 2.79. The third-order valence-electron chi connectivity index (χ3n) is 1.33. The van der Waals surface area contributed by atoms with Crippen LogP contribution in [0.2, 0.25) is 0 Å². The summed E-state index contributed by atoms with van der Waals surface area (Å²) in [7, 11) is -3.66. The maximum atomic E-state index is 10.7. The van der Waals surface area contributed by atoms with Crippen LogP contribution < -0.4 is 5.14 Å². The zero-order valence-electron chi connectivity index (χ0n) is 6.43. The first-order chi connectivity index (χ1) is 5.90. The number of carboxylic acids is 1. The molecule has 1 aromatic heterocycles. The van der Waals surface area contributed by atoms with Crippen LogP contribution >= 0.6 is 11.3 Å². The highest BCUT2D eigenvalue weighted by atomic mass is 32.2. The summed E-state index contributed by atoms with van der Waals surface area (Å²) in [4.78, 5) is 10.5. The number of sulfonamides is 1. The van der Waals surface area contributed by atoms with Gasteiger partial charge in [0.25, 0.3) is 0 Å². The van der Waals surface area contributed by atoms with Crippen molar-refractivity contribution in [3.05, 3.63) is 21.9 Å². The summed E-state index contributed by atoms with van der Waals surface area (Å²) < 4.78 is 21.3. The normalized spacial score (nSPS) is 11.5. The van der Waals surface area contributed by atoms with E-state index in [4.69, 9.17) is 10.2 Å². The predicted molar refractivity (Wildman–Crippen MR) is 48.1 cm³/mol. The molecule has 0 spiro atoms. The molecule has 1 aromatic rings. The highest BCUT2D eigenvalue weighted by molar-refractivity contribution is 7.88. The first kappa shape index (κ1) is 10.2. The smallest absolute Gasteiger partial charge is 0.336 e. The fourth-order valence-corrected chi connectivity index (χ4v) is 2.45. The molecule has 72 valence electrons. The Hall–Kier alpha value is -0.920. The van der Waals surface area contributed by atoms with E-state index in [2.05, 4.69) is 0 Å². The van der Waals surface area contributed by atoms with E-state index < -0.39 is 21.7 Å². The van der Waals surface area contributed by atoms with Gasteiger partial charge in [-0.2, -0.15) is 11.3 Å². The van der Waals surface area contributed by atoms with Crippen LogP contribution in [0.5, 0.6) is 0 Å². The molecule has 1 rings (SSSR count). The van der Waals surface area contributed by atoms with Crippen LogP contribution in [0.3, 0.4) is 0 Å². The zero-order chi connectivity index (χ0) is 10.1. The number of carboxylic acid groups (broad SMARTS) is 1. The number of nitrogens with two attached hydrogens (primary N) is 1. The van der Waals surface area contributed by atoms with Crippen molar-refractivity contribution in [3.8, 4) is 0 Å². The molecular formula is C6H7NO4S2. The number of aromatic carboxylic acids is 1. The van der Waals surface area contributed by atoms with E-state index in [-0.39, 0.29) is 11.1 Å². The van der Waals surface area contributed by atoms with Gasteiger partial charge in [-0.15, -0.1) is 0 Å². The van der Waals surface area contributed by atoms with Gasteiger partial charge in [0.05, 0.1) is 11.3 Å². The monoisotopic (exact) mass is 221 g/mol. The van der Waals surface area contributed by atoms with E-state index in [0.717, 1.165) is 11.3 Å². The molecule has 0 amide bonds. The molecule has 0 saturated carbocycles. The van der Waals surface area contributed by atoms with Gasteiger partial charge in [-0.1, -0.05) is 0 Å². The number of primary sulfonamides is 1. The predicted octanol–water partition coefficient (Wildman–Crippen LogP) is 0.235. The molecule has 5 nitrogen and oxygen atoms in total. The topological polar surface area (TPSA) is 97.5 Å². The summed E-state index contributed by atoms with van der Waals surface area (Å²) in [6.45, 7) is 0. The molecule has 3 N–H and O–H groups in total. The molecule has 0 saturated heterocycles. The summed E-state index contributed by atoms with van der Waals surface area (Å²) >= 11 is 1.13. The Balaban J connectivity index is 3.02. The van der Waals surface area contributed by atoms with E-state index >= 15 is 0 Å². The van der Waals surface area contributed by atoms with Crippen LogP contribution in [0.15, 0.2) is 10.8 Å². The molecule has 0 bridgehead atoms. The molecule has 0 unspecified atom stereocenters. The van der Waals surface area contributed by atoms with Gasteiger partial charge in [-0.05, 0) is 10.9 Å². The van der Waals surface area contributed by atoms with Crippen molar-refractivity contribution in [2.45, 2.75) is 5.75 Å². The van der Waals surface area contributed by atoms with Gasteiger partial charge in [0.1, 0.15) is 0 Å². The summed E-state index contributed by atoms with van der Waals surface area (Å²) in [5.74, 6) is -1.57. The molecular weight excluding hydrogens is 214 g/mol. The molecule has 0 radical (unpaired) electrons. The summed E-state index contributed by atoms with van der Waals surface area (Å²) in [6.07, 6.45) is 0. The van der Waals surface area contributed by atoms with Gasteiger partial charge < -0.3 is 5.11 Å². The van der Waals surface area contributed by atoms with Crippen molar-refractivity contribution < 1.29 is 18.3 Å². The Labute approximate surface area is 78.9 Å². The van der Waals surface area contributed by atoms with Crippen molar-refractivity contribution in [2.24, 2.45) is 5.14 Å². The molecule has 13 heavy (non-hydrogen) atoms. The first-order valence-electron chi connectivity index (χ1n) is 3.19. The van der Waals surface area contributed by atoms with Crippen molar-refractivity contribution in [1.82, 2.24) is 0 Å². The second kappa shape index (κ2) is 3.44. The van der Waals surface area contributed by atoms with Crippen LogP contribution in [0.4, 0.5) is 0 Å². The summed E-state index contributed by atoms with van der Waals surface area (Å²) in [6, 6.07) is 0. The summed E-state index contributed by atoms with van der Waals surface area (Å²) in [5, 5.41) is 16.2. The van der Waals surface area contributed by atoms with Gasteiger partial charge in [0, 0.05) is 5.38 Å². The van der Waals surface area contributed by atoms with Crippen LogP contribution in [-0.2, 0) is 15.8 Å². The average molecular weight is 221 g/mol. The van der Waals surface area contributed by atoms with Crippen LogP contribution in [-0.4, -0.2) is 19.5 Å².